The van der Waals surface area contributed by atoms with E-state index in [2.05, 4.69) is 10.1 Å². The third kappa shape index (κ3) is 4.27. The molecule has 1 aliphatic heterocycles. The van der Waals surface area contributed by atoms with E-state index in [0.29, 0.717) is 19.6 Å². The van der Waals surface area contributed by atoms with Crippen molar-refractivity contribution >= 4 is 11.7 Å². The smallest absolute Gasteiger partial charge is 0.466 e. The van der Waals surface area contributed by atoms with Crippen molar-refractivity contribution in [2.24, 2.45) is 0 Å². The maximum atomic E-state index is 12.2. The molecule has 1 aromatic rings. The number of benzene rings is 1. The highest BCUT2D eigenvalue weighted by atomic mass is 19.4. The van der Waals surface area contributed by atoms with Crippen LogP contribution in [0.3, 0.4) is 0 Å². The highest BCUT2D eigenvalue weighted by Crippen LogP contribution is 2.37. The molecule has 4 nitrogen and oxygen atoms in total. The highest BCUT2D eigenvalue weighted by Gasteiger charge is 2.32. The minimum absolute atomic E-state index is 0.0267. The number of rotatable bonds is 5. The summed E-state index contributed by atoms with van der Waals surface area (Å²) in [6.07, 6.45) is -3.95. The molecule has 0 aliphatic carbocycles. The van der Waals surface area contributed by atoms with Crippen LogP contribution in [0, 0.1) is 0 Å². The lowest BCUT2D eigenvalue weighted by Crippen LogP contribution is -2.17. The van der Waals surface area contributed by atoms with Crippen LogP contribution in [0.2, 0.25) is 0 Å². The van der Waals surface area contributed by atoms with Gasteiger partial charge >= 0.3 is 12.3 Å². The fourth-order valence-corrected chi connectivity index (χ4v) is 2.36. The zero-order valence-electron chi connectivity index (χ0n) is 11.5. The Balaban J connectivity index is 2.04. The first-order valence-corrected chi connectivity index (χ1v) is 6.68. The maximum absolute atomic E-state index is 12.2. The van der Waals surface area contributed by atoms with Crippen LogP contribution in [0.4, 0.5) is 18.9 Å². The summed E-state index contributed by atoms with van der Waals surface area (Å²) in [5.74, 6) is -0.569. The average molecular weight is 303 g/mol. The lowest BCUT2D eigenvalue weighted by atomic mass is 9.96. The second-order valence-corrected chi connectivity index (χ2v) is 4.72. The number of carbonyl (C=O) groups is 1. The normalized spacial score (nSPS) is 17.0. The van der Waals surface area contributed by atoms with Crippen LogP contribution < -0.4 is 10.1 Å². The third-order valence-electron chi connectivity index (χ3n) is 3.24. The summed E-state index contributed by atoms with van der Waals surface area (Å²) < 4.78 is 45.5. The molecule has 1 aliphatic rings. The van der Waals surface area contributed by atoms with E-state index in [1.54, 1.807) is 13.0 Å². The predicted octanol–water partition coefficient (Wildman–Crippen LogP) is 3.44. The number of ether oxygens (including phenoxy) is 2. The van der Waals surface area contributed by atoms with Crippen molar-refractivity contribution in [2.45, 2.75) is 32.0 Å². The van der Waals surface area contributed by atoms with Crippen molar-refractivity contribution in [1.82, 2.24) is 0 Å². The molecule has 0 saturated carbocycles. The van der Waals surface area contributed by atoms with E-state index in [9.17, 15) is 18.0 Å². The minimum atomic E-state index is -4.71. The minimum Gasteiger partial charge on any atom is -0.466 e. The number of fused-ring (bicyclic) bond motifs is 1. The van der Waals surface area contributed by atoms with Gasteiger partial charge in [-0.2, -0.15) is 0 Å². The van der Waals surface area contributed by atoms with Crippen molar-refractivity contribution < 1.29 is 27.4 Å². The third-order valence-corrected chi connectivity index (χ3v) is 3.24. The molecule has 7 heteroatoms. The molecule has 0 aromatic heterocycles. The Morgan fingerprint density at radius 1 is 1.43 bits per heavy atom. The van der Waals surface area contributed by atoms with Gasteiger partial charge in [0.1, 0.15) is 5.75 Å². The first-order valence-electron chi connectivity index (χ1n) is 6.68. The van der Waals surface area contributed by atoms with E-state index in [1.165, 1.54) is 12.1 Å². The maximum Gasteiger partial charge on any atom is 0.573 e. The monoisotopic (exact) mass is 303 g/mol. The summed E-state index contributed by atoms with van der Waals surface area (Å²) in [6.45, 7) is 2.64. The molecule has 116 valence electrons. The van der Waals surface area contributed by atoms with Crippen molar-refractivity contribution in [3.05, 3.63) is 23.8 Å². The SMILES string of the molecule is CCOC(=O)CCC1CNc2ccc(OC(F)(F)F)cc21. The summed E-state index contributed by atoms with van der Waals surface area (Å²) in [4.78, 5) is 11.4. The van der Waals surface area contributed by atoms with Gasteiger partial charge < -0.3 is 14.8 Å². The predicted molar refractivity (Wildman–Crippen MR) is 70.2 cm³/mol. The molecule has 0 radical (unpaired) electrons. The second kappa shape index (κ2) is 6.24. The van der Waals surface area contributed by atoms with Crippen molar-refractivity contribution in [1.29, 1.82) is 0 Å². The number of hydrogen-bond acceptors (Lipinski definition) is 4. The molecule has 1 N–H and O–H groups in total. The summed E-state index contributed by atoms with van der Waals surface area (Å²) in [7, 11) is 0. The van der Waals surface area contributed by atoms with E-state index in [-0.39, 0.29) is 24.1 Å². The van der Waals surface area contributed by atoms with Crippen LogP contribution in [-0.2, 0) is 9.53 Å². The zero-order valence-corrected chi connectivity index (χ0v) is 11.5. The summed E-state index contributed by atoms with van der Waals surface area (Å²) in [6, 6.07) is 4.20. The molecule has 1 unspecified atom stereocenters. The van der Waals surface area contributed by atoms with Crippen LogP contribution in [0.15, 0.2) is 18.2 Å². The Morgan fingerprint density at radius 2 is 2.19 bits per heavy atom. The van der Waals surface area contributed by atoms with Gasteiger partial charge in [0, 0.05) is 24.6 Å². The van der Waals surface area contributed by atoms with Gasteiger partial charge in [0.2, 0.25) is 0 Å². The average Bonchev–Trinajstić information content (AvgIpc) is 2.77. The van der Waals surface area contributed by atoms with Gasteiger partial charge in [0.05, 0.1) is 6.61 Å². The Labute approximate surface area is 120 Å². The van der Waals surface area contributed by atoms with Crippen LogP contribution >= 0.6 is 0 Å². The van der Waals surface area contributed by atoms with E-state index in [4.69, 9.17) is 4.74 Å². The zero-order chi connectivity index (χ0) is 15.5. The van der Waals surface area contributed by atoms with Gasteiger partial charge in [0.15, 0.2) is 0 Å². The van der Waals surface area contributed by atoms with E-state index < -0.39 is 6.36 Å². The lowest BCUT2D eigenvalue weighted by Gasteiger charge is -2.12. The Hall–Kier alpha value is -1.92. The quantitative estimate of drug-likeness (QED) is 0.847. The largest absolute Gasteiger partial charge is 0.573 e. The lowest BCUT2D eigenvalue weighted by molar-refractivity contribution is -0.274. The molecule has 21 heavy (non-hydrogen) atoms. The molecule has 1 aromatic carbocycles. The van der Waals surface area contributed by atoms with Crippen LogP contribution in [0.25, 0.3) is 0 Å². The number of alkyl halides is 3. The topological polar surface area (TPSA) is 47.6 Å². The van der Waals surface area contributed by atoms with E-state index >= 15 is 0 Å². The molecular formula is C14H16F3NO3. The molecule has 2 rings (SSSR count). The number of nitrogens with one attached hydrogen (secondary N) is 1. The fraction of sp³-hybridized carbons (Fsp3) is 0.500. The number of esters is 1. The summed E-state index contributed by atoms with van der Waals surface area (Å²) >= 11 is 0. The molecular weight excluding hydrogens is 287 g/mol. The molecule has 0 saturated heterocycles. The van der Waals surface area contributed by atoms with E-state index in [1.807, 2.05) is 0 Å². The van der Waals surface area contributed by atoms with Crippen LogP contribution in [0.1, 0.15) is 31.2 Å². The number of halogens is 3. The number of carbonyl (C=O) groups excluding carboxylic acids is 1. The van der Waals surface area contributed by atoms with Crippen molar-refractivity contribution in [2.75, 3.05) is 18.5 Å². The second-order valence-electron chi connectivity index (χ2n) is 4.72. The van der Waals surface area contributed by atoms with Gasteiger partial charge in [-0.1, -0.05) is 0 Å². The first-order chi connectivity index (χ1) is 9.89. The summed E-state index contributed by atoms with van der Waals surface area (Å²) in [5, 5.41) is 3.11. The Bertz CT molecular complexity index is 517. The highest BCUT2D eigenvalue weighted by molar-refractivity contribution is 5.69. The Kier molecular flexibility index (Phi) is 4.59. The van der Waals surface area contributed by atoms with Crippen LogP contribution in [0.5, 0.6) is 5.75 Å². The van der Waals surface area contributed by atoms with Gasteiger partial charge in [-0.05, 0) is 37.1 Å². The van der Waals surface area contributed by atoms with Gasteiger partial charge in [-0.3, -0.25) is 4.79 Å². The van der Waals surface area contributed by atoms with Crippen molar-refractivity contribution in [3.63, 3.8) is 0 Å². The van der Waals surface area contributed by atoms with Gasteiger partial charge in [-0.15, -0.1) is 13.2 Å². The van der Waals surface area contributed by atoms with Gasteiger partial charge in [0.25, 0.3) is 0 Å². The molecule has 1 heterocycles. The fourth-order valence-electron chi connectivity index (χ4n) is 2.36. The summed E-state index contributed by atoms with van der Waals surface area (Å²) in [5.41, 5.74) is 1.51. The molecule has 1 atom stereocenters. The van der Waals surface area contributed by atoms with E-state index in [0.717, 1.165) is 11.3 Å². The number of anilines is 1. The molecule has 0 amide bonds. The first kappa shape index (κ1) is 15.5. The molecule has 0 fully saturated rings. The van der Waals surface area contributed by atoms with Crippen molar-refractivity contribution in [3.8, 4) is 5.75 Å². The van der Waals surface area contributed by atoms with Crippen LogP contribution in [-0.4, -0.2) is 25.5 Å². The Morgan fingerprint density at radius 3 is 2.86 bits per heavy atom. The standard InChI is InChI=1S/C14H16F3NO3/c1-2-20-13(19)6-3-9-8-18-12-5-4-10(7-11(9)12)21-14(15,16)17/h4-5,7,9,18H,2-3,6,8H2,1H3. The van der Waals surface area contributed by atoms with Gasteiger partial charge in [-0.25, -0.2) is 0 Å². The molecule has 0 bridgehead atoms. The number of hydrogen-bond donors (Lipinski definition) is 1. The molecule has 0 spiro atoms.